The van der Waals surface area contributed by atoms with E-state index in [1.54, 1.807) is 0 Å². The molecule has 0 atom stereocenters. The molecule has 0 aromatic heterocycles. The first-order valence-corrected chi connectivity index (χ1v) is 5.32. The van der Waals surface area contributed by atoms with Crippen LogP contribution in [0.3, 0.4) is 0 Å². The Morgan fingerprint density at radius 1 is 1.59 bits per heavy atom. The number of nitrogens with one attached hydrogen (secondary N) is 1. The van der Waals surface area contributed by atoms with Gasteiger partial charge in [-0.2, -0.15) is 0 Å². The summed E-state index contributed by atoms with van der Waals surface area (Å²) >= 11 is 0. The number of aliphatic imine (C=N–C) groups is 1. The predicted octanol–water partition coefficient (Wildman–Crippen LogP) is -2.22. The van der Waals surface area contributed by atoms with E-state index in [-0.39, 0.29) is 5.84 Å². The molecular weight excluding hydrogens is 226 g/mol. The van der Waals surface area contributed by atoms with Gasteiger partial charge < -0.3 is 19.9 Å². The molecule has 1 rings (SSSR count). The molecule has 0 radical (unpaired) electrons. The van der Waals surface area contributed by atoms with Crippen LogP contribution in [0.25, 0.3) is 0 Å². The highest BCUT2D eigenvalue weighted by molar-refractivity contribution is 6.35. The van der Waals surface area contributed by atoms with Crippen LogP contribution in [0.1, 0.15) is 13.3 Å². The Morgan fingerprint density at radius 3 is 2.82 bits per heavy atom. The van der Waals surface area contributed by atoms with Crippen molar-refractivity contribution in [3.8, 4) is 0 Å². The lowest BCUT2D eigenvalue weighted by Crippen LogP contribution is -2.70. The summed E-state index contributed by atoms with van der Waals surface area (Å²) in [5.41, 5.74) is 5.31. The van der Waals surface area contributed by atoms with Crippen LogP contribution in [0, 0.1) is 0 Å². The summed E-state index contributed by atoms with van der Waals surface area (Å²) in [6.07, 6.45) is 2.03. The summed E-state index contributed by atoms with van der Waals surface area (Å²) in [7, 11) is 1.24. The monoisotopic (exact) mass is 244 g/mol. The van der Waals surface area contributed by atoms with E-state index >= 15 is 0 Å². The molecule has 0 aromatic carbocycles. The van der Waals surface area contributed by atoms with Crippen molar-refractivity contribution in [2.24, 2.45) is 10.7 Å². The fourth-order valence-corrected chi connectivity index (χ4v) is 1.34. The highest BCUT2D eigenvalue weighted by Crippen LogP contribution is 2.20. The zero-order valence-corrected chi connectivity index (χ0v) is 10.1. The number of carbonyl (C=O) groups excluding carboxylic acids is 1. The van der Waals surface area contributed by atoms with Gasteiger partial charge in [-0.25, -0.2) is 4.79 Å². The second-order valence-electron chi connectivity index (χ2n) is 3.67. The molecule has 3 N–H and O–H groups in total. The van der Waals surface area contributed by atoms with Crippen molar-refractivity contribution in [1.29, 1.82) is 0 Å². The number of ether oxygens (including phenoxy) is 3. The molecule has 0 saturated carbocycles. The number of rotatable bonds is 4. The van der Waals surface area contributed by atoms with Crippen molar-refractivity contribution in [1.82, 2.24) is 0 Å². The van der Waals surface area contributed by atoms with E-state index in [0.717, 1.165) is 0 Å². The standard InChI is InChI=1S/C10H17N3O4/c1-10(16-5-6-17-10)3-4-12-7-13-8(11)9(14)15-2/h7H,3-6H2,1-2H3,(H2,11,12,13)/p+1. The van der Waals surface area contributed by atoms with E-state index in [1.165, 1.54) is 13.4 Å². The molecule has 1 aliphatic heterocycles. The highest BCUT2D eigenvalue weighted by Gasteiger charge is 2.30. The first-order chi connectivity index (χ1) is 8.07. The number of hydrogen-bond acceptors (Lipinski definition) is 4. The smallest absolute Gasteiger partial charge is 0.400 e. The fourth-order valence-electron chi connectivity index (χ4n) is 1.34. The first-order valence-electron chi connectivity index (χ1n) is 5.32. The largest absolute Gasteiger partial charge is 0.462 e. The van der Waals surface area contributed by atoms with E-state index in [0.29, 0.717) is 26.2 Å². The third-order valence-corrected chi connectivity index (χ3v) is 2.31. The van der Waals surface area contributed by atoms with Gasteiger partial charge in [-0.3, -0.25) is 4.99 Å². The molecule has 0 amide bonds. The lowest BCUT2D eigenvalue weighted by atomic mass is 10.2. The number of nitrogens with two attached hydrogens (primary N) is 1. The van der Waals surface area contributed by atoms with Gasteiger partial charge in [0.05, 0.1) is 26.9 Å². The molecule has 1 heterocycles. The minimum Gasteiger partial charge on any atom is -0.462 e. The molecule has 0 aromatic rings. The number of methoxy groups -OCH3 is 1. The Balaban J connectivity index is 2.28. The fraction of sp³-hybridized carbons (Fsp3) is 0.700. The lowest BCUT2D eigenvalue weighted by Gasteiger charge is -2.19. The van der Waals surface area contributed by atoms with E-state index in [4.69, 9.17) is 15.2 Å². The molecule has 0 spiro atoms. The Morgan fingerprint density at radius 2 is 2.24 bits per heavy atom. The summed E-state index contributed by atoms with van der Waals surface area (Å²) < 4.78 is 15.2. The predicted molar refractivity (Wildman–Crippen MR) is 60.5 cm³/mol. The van der Waals surface area contributed by atoms with Crippen LogP contribution in [0.2, 0.25) is 0 Å². The highest BCUT2D eigenvalue weighted by atomic mass is 16.7. The van der Waals surface area contributed by atoms with E-state index in [2.05, 4.69) is 14.7 Å². The molecule has 0 aliphatic carbocycles. The van der Waals surface area contributed by atoms with Crippen molar-refractivity contribution in [2.45, 2.75) is 19.1 Å². The summed E-state index contributed by atoms with van der Waals surface area (Å²) in [6.45, 7) is 3.73. The maximum absolute atomic E-state index is 10.9. The average Bonchev–Trinajstić information content (AvgIpc) is 2.74. The van der Waals surface area contributed by atoms with E-state index in [9.17, 15) is 4.79 Å². The molecule has 7 heteroatoms. The average molecular weight is 244 g/mol. The topological polar surface area (TPSA) is 97.1 Å². The van der Waals surface area contributed by atoms with Crippen LogP contribution in [0.15, 0.2) is 4.99 Å². The molecule has 96 valence electrons. The summed E-state index contributed by atoms with van der Waals surface area (Å²) in [5.74, 6) is -1.38. The van der Waals surface area contributed by atoms with Crippen LogP contribution >= 0.6 is 0 Å². The van der Waals surface area contributed by atoms with Crippen LogP contribution < -0.4 is 10.7 Å². The van der Waals surface area contributed by atoms with Crippen LogP contribution in [-0.2, 0) is 19.0 Å². The SMILES string of the molecule is COC(=O)C(N)=NC=[NH+]CCC1(C)OCCO1. The van der Waals surface area contributed by atoms with Crippen LogP contribution in [0.4, 0.5) is 0 Å². The number of esters is 1. The van der Waals surface area contributed by atoms with Gasteiger partial charge in [0, 0.05) is 6.42 Å². The molecule has 17 heavy (non-hydrogen) atoms. The molecule has 1 aliphatic rings. The Bertz CT molecular complexity index is 322. The van der Waals surface area contributed by atoms with E-state index < -0.39 is 11.8 Å². The van der Waals surface area contributed by atoms with Gasteiger partial charge >= 0.3 is 11.8 Å². The zero-order chi connectivity index (χ0) is 12.7. The first kappa shape index (κ1) is 13.6. The Labute approximate surface area is 99.7 Å². The van der Waals surface area contributed by atoms with Crippen molar-refractivity contribution >= 4 is 18.1 Å². The van der Waals surface area contributed by atoms with Gasteiger partial charge in [-0.1, -0.05) is 0 Å². The molecule has 0 bridgehead atoms. The van der Waals surface area contributed by atoms with Gasteiger partial charge in [-0.15, -0.1) is 0 Å². The maximum Gasteiger partial charge on any atom is 0.400 e. The number of nitrogens with zero attached hydrogens (tertiary/aromatic N) is 1. The molecule has 1 fully saturated rings. The van der Waals surface area contributed by atoms with Crippen LogP contribution in [-0.4, -0.2) is 50.8 Å². The quantitative estimate of drug-likeness (QED) is 0.332. The van der Waals surface area contributed by atoms with Crippen LogP contribution in [0.5, 0.6) is 0 Å². The third-order valence-electron chi connectivity index (χ3n) is 2.31. The van der Waals surface area contributed by atoms with Gasteiger partial charge in [0.25, 0.3) is 6.34 Å². The normalized spacial score (nSPS) is 19.8. The number of hydrogen-bond donors (Lipinski definition) is 2. The summed E-state index contributed by atoms with van der Waals surface area (Å²) in [5, 5.41) is 0. The summed E-state index contributed by atoms with van der Waals surface area (Å²) in [4.78, 5) is 17.4. The van der Waals surface area contributed by atoms with Crippen molar-refractivity contribution in [2.75, 3.05) is 26.9 Å². The second-order valence-corrected chi connectivity index (χ2v) is 3.67. The van der Waals surface area contributed by atoms with Gasteiger partial charge in [0.15, 0.2) is 5.79 Å². The lowest BCUT2D eigenvalue weighted by molar-refractivity contribution is -0.460. The molecular formula is C10H18N3O4+. The van der Waals surface area contributed by atoms with Crippen molar-refractivity contribution in [3.05, 3.63) is 0 Å². The molecule has 0 unspecified atom stereocenters. The second kappa shape index (κ2) is 6.31. The molecule has 1 saturated heterocycles. The maximum atomic E-state index is 10.9. The summed E-state index contributed by atoms with van der Waals surface area (Å²) in [6, 6.07) is 0. The van der Waals surface area contributed by atoms with Gasteiger partial charge in [-0.05, 0) is 11.9 Å². The van der Waals surface area contributed by atoms with Gasteiger partial charge in [0.2, 0.25) is 0 Å². The van der Waals surface area contributed by atoms with Gasteiger partial charge in [0.1, 0.15) is 0 Å². The minimum absolute atomic E-state index is 0.195. The van der Waals surface area contributed by atoms with Crippen molar-refractivity contribution in [3.63, 3.8) is 0 Å². The van der Waals surface area contributed by atoms with E-state index in [1.807, 2.05) is 6.92 Å². The zero-order valence-electron chi connectivity index (χ0n) is 10.1. The Kier molecular flexibility index (Phi) is 5.05. The third kappa shape index (κ3) is 4.49. The molecule has 7 nitrogen and oxygen atoms in total. The van der Waals surface area contributed by atoms with Crippen molar-refractivity contribution < 1.29 is 24.0 Å². The Hall–Kier alpha value is -1.47. The minimum atomic E-state index is -0.655. The number of carbonyl (C=O) groups is 1. The number of amidine groups is 1.